The summed E-state index contributed by atoms with van der Waals surface area (Å²) in [6, 6.07) is 6.33. The molecule has 0 unspecified atom stereocenters. The summed E-state index contributed by atoms with van der Waals surface area (Å²) < 4.78 is 26.2. The second kappa shape index (κ2) is 4.14. The van der Waals surface area contributed by atoms with Crippen LogP contribution in [0.3, 0.4) is 0 Å². The summed E-state index contributed by atoms with van der Waals surface area (Å²) >= 11 is 0. The third-order valence-electron chi connectivity index (χ3n) is 1.99. The van der Waals surface area contributed by atoms with Crippen LogP contribution in [0.2, 0.25) is 0 Å². The molecule has 5 heteroatoms. The molecule has 0 spiro atoms. The molecule has 0 amide bonds. The molecule has 3 N–H and O–H groups in total. The topological polar surface area (TPSA) is 50.9 Å². The van der Waals surface area contributed by atoms with Crippen molar-refractivity contribution in [3.8, 4) is 0 Å². The minimum Gasteiger partial charge on any atom is -0.384 e. The van der Waals surface area contributed by atoms with Crippen molar-refractivity contribution in [2.24, 2.45) is 0 Å². The molecular formula is C11H9F2N3. The van der Waals surface area contributed by atoms with Gasteiger partial charge in [0, 0.05) is 24.0 Å². The average molecular weight is 221 g/mol. The van der Waals surface area contributed by atoms with Crippen LogP contribution in [0, 0.1) is 11.6 Å². The molecule has 0 aliphatic rings. The van der Waals surface area contributed by atoms with E-state index in [0.717, 1.165) is 18.2 Å². The van der Waals surface area contributed by atoms with Crippen molar-refractivity contribution in [1.29, 1.82) is 0 Å². The smallest absolute Gasteiger partial charge is 0.146 e. The number of nitrogens with two attached hydrogens (primary N) is 1. The van der Waals surface area contributed by atoms with Crippen molar-refractivity contribution in [2.75, 3.05) is 11.1 Å². The van der Waals surface area contributed by atoms with Gasteiger partial charge in [0.25, 0.3) is 0 Å². The maximum absolute atomic E-state index is 13.3. The zero-order valence-corrected chi connectivity index (χ0v) is 8.24. The van der Waals surface area contributed by atoms with E-state index in [1.54, 1.807) is 6.07 Å². The lowest BCUT2D eigenvalue weighted by atomic mass is 10.2. The maximum atomic E-state index is 13.3. The van der Waals surface area contributed by atoms with Gasteiger partial charge in [0.2, 0.25) is 0 Å². The first-order valence-electron chi connectivity index (χ1n) is 4.59. The Hall–Kier alpha value is -2.17. The molecule has 0 atom stereocenters. The van der Waals surface area contributed by atoms with E-state index in [-0.39, 0.29) is 5.69 Å². The zero-order chi connectivity index (χ0) is 11.5. The van der Waals surface area contributed by atoms with Crippen LogP contribution in [0.1, 0.15) is 0 Å². The lowest BCUT2D eigenvalue weighted by Gasteiger charge is -2.07. The van der Waals surface area contributed by atoms with Gasteiger partial charge in [-0.05, 0) is 18.2 Å². The molecule has 0 saturated carbocycles. The third-order valence-corrected chi connectivity index (χ3v) is 1.99. The zero-order valence-electron chi connectivity index (χ0n) is 8.24. The van der Waals surface area contributed by atoms with Gasteiger partial charge >= 0.3 is 0 Å². The molecule has 2 aromatic rings. The maximum Gasteiger partial charge on any atom is 0.146 e. The van der Waals surface area contributed by atoms with Crippen LogP contribution in [-0.2, 0) is 0 Å². The second-order valence-electron chi connectivity index (χ2n) is 3.22. The number of rotatable bonds is 2. The van der Waals surface area contributed by atoms with E-state index in [0.29, 0.717) is 11.5 Å². The van der Waals surface area contributed by atoms with E-state index >= 15 is 0 Å². The molecule has 0 aliphatic heterocycles. The predicted molar refractivity (Wildman–Crippen MR) is 58.3 cm³/mol. The molecule has 16 heavy (non-hydrogen) atoms. The minimum absolute atomic E-state index is 0.0607. The highest BCUT2D eigenvalue weighted by atomic mass is 19.1. The molecule has 0 saturated heterocycles. The Bertz CT molecular complexity index is 514. The van der Waals surface area contributed by atoms with Crippen LogP contribution in [0.15, 0.2) is 36.5 Å². The Kier molecular flexibility index (Phi) is 2.68. The van der Waals surface area contributed by atoms with E-state index in [9.17, 15) is 8.78 Å². The van der Waals surface area contributed by atoms with Gasteiger partial charge in [0.05, 0.1) is 5.69 Å². The molecule has 0 fully saturated rings. The quantitative estimate of drug-likeness (QED) is 0.819. The summed E-state index contributed by atoms with van der Waals surface area (Å²) in [7, 11) is 0. The Labute approximate surface area is 90.9 Å². The predicted octanol–water partition coefficient (Wildman–Crippen LogP) is 2.69. The van der Waals surface area contributed by atoms with Crippen molar-refractivity contribution >= 4 is 17.2 Å². The molecule has 1 heterocycles. The highest BCUT2D eigenvalue weighted by molar-refractivity contribution is 5.62. The molecule has 0 aliphatic carbocycles. The van der Waals surface area contributed by atoms with Crippen LogP contribution in [0.5, 0.6) is 0 Å². The summed E-state index contributed by atoms with van der Waals surface area (Å²) in [4.78, 5) is 3.79. The number of hydrogen-bond acceptors (Lipinski definition) is 3. The van der Waals surface area contributed by atoms with Gasteiger partial charge in [-0.15, -0.1) is 0 Å². The second-order valence-corrected chi connectivity index (χ2v) is 3.22. The normalized spacial score (nSPS) is 10.1. The fourth-order valence-electron chi connectivity index (χ4n) is 1.27. The van der Waals surface area contributed by atoms with Crippen LogP contribution >= 0.6 is 0 Å². The highest BCUT2D eigenvalue weighted by Crippen LogP contribution is 2.21. The standard InChI is InChI=1S/C11H9F2N3/c12-7-1-2-9(13)10(5-7)16-8-3-4-15-11(14)6-8/h1-6H,(H3,14,15,16). The fourth-order valence-corrected chi connectivity index (χ4v) is 1.27. The van der Waals surface area contributed by atoms with E-state index in [2.05, 4.69) is 10.3 Å². The molecule has 1 aromatic heterocycles. The van der Waals surface area contributed by atoms with Gasteiger partial charge in [-0.25, -0.2) is 13.8 Å². The Morgan fingerprint density at radius 3 is 2.69 bits per heavy atom. The number of pyridine rings is 1. The van der Waals surface area contributed by atoms with Crippen LogP contribution in [-0.4, -0.2) is 4.98 Å². The number of nitrogens with one attached hydrogen (secondary N) is 1. The summed E-state index contributed by atoms with van der Waals surface area (Å²) in [5, 5.41) is 2.72. The first kappa shape index (κ1) is 10.4. The van der Waals surface area contributed by atoms with Crippen molar-refractivity contribution in [3.05, 3.63) is 48.2 Å². The number of halogens is 2. The van der Waals surface area contributed by atoms with Gasteiger partial charge in [0.15, 0.2) is 0 Å². The van der Waals surface area contributed by atoms with E-state index in [4.69, 9.17) is 5.73 Å². The van der Waals surface area contributed by atoms with Gasteiger partial charge in [-0.2, -0.15) is 0 Å². The number of nitrogen functional groups attached to an aromatic ring is 1. The first-order chi connectivity index (χ1) is 7.65. The Balaban J connectivity index is 2.30. The van der Waals surface area contributed by atoms with Gasteiger partial charge < -0.3 is 11.1 Å². The molecule has 82 valence electrons. The van der Waals surface area contributed by atoms with Crippen molar-refractivity contribution < 1.29 is 8.78 Å². The van der Waals surface area contributed by atoms with Crippen LogP contribution in [0.25, 0.3) is 0 Å². The van der Waals surface area contributed by atoms with Crippen LogP contribution < -0.4 is 11.1 Å². The summed E-state index contributed by atoms with van der Waals surface area (Å²) in [5.74, 6) is -0.732. The average Bonchev–Trinajstić information content (AvgIpc) is 2.24. The van der Waals surface area contributed by atoms with Crippen LogP contribution in [0.4, 0.5) is 26.0 Å². The Morgan fingerprint density at radius 2 is 1.94 bits per heavy atom. The molecule has 0 radical (unpaired) electrons. The summed E-state index contributed by atoms with van der Waals surface area (Å²) in [5.41, 5.74) is 6.07. The number of benzene rings is 1. The van der Waals surface area contributed by atoms with Gasteiger partial charge in [0.1, 0.15) is 17.5 Å². The molecule has 3 nitrogen and oxygen atoms in total. The van der Waals surface area contributed by atoms with E-state index in [1.165, 1.54) is 12.3 Å². The minimum atomic E-state index is -0.531. The van der Waals surface area contributed by atoms with E-state index in [1.807, 2.05) is 0 Å². The van der Waals surface area contributed by atoms with Crippen molar-refractivity contribution in [3.63, 3.8) is 0 Å². The number of nitrogens with zero attached hydrogens (tertiary/aromatic N) is 1. The molecule has 0 bridgehead atoms. The first-order valence-corrected chi connectivity index (χ1v) is 4.59. The molecule has 2 rings (SSSR count). The number of aromatic nitrogens is 1. The summed E-state index contributed by atoms with van der Waals surface area (Å²) in [6.07, 6.45) is 1.48. The highest BCUT2D eigenvalue weighted by Gasteiger charge is 2.04. The lowest BCUT2D eigenvalue weighted by molar-refractivity contribution is 0.603. The third kappa shape index (κ3) is 2.25. The SMILES string of the molecule is Nc1cc(Nc2cc(F)ccc2F)ccn1. The van der Waals surface area contributed by atoms with Crippen molar-refractivity contribution in [2.45, 2.75) is 0 Å². The van der Waals surface area contributed by atoms with Gasteiger partial charge in [-0.1, -0.05) is 0 Å². The Morgan fingerprint density at radius 1 is 1.12 bits per heavy atom. The number of hydrogen-bond donors (Lipinski definition) is 2. The largest absolute Gasteiger partial charge is 0.384 e. The molecular weight excluding hydrogens is 212 g/mol. The number of anilines is 3. The van der Waals surface area contributed by atoms with Crippen molar-refractivity contribution in [1.82, 2.24) is 4.98 Å². The van der Waals surface area contributed by atoms with E-state index < -0.39 is 11.6 Å². The van der Waals surface area contributed by atoms with Gasteiger partial charge in [-0.3, -0.25) is 0 Å². The monoisotopic (exact) mass is 221 g/mol. The summed E-state index contributed by atoms with van der Waals surface area (Å²) in [6.45, 7) is 0. The fraction of sp³-hybridized carbons (Fsp3) is 0. The molecule has 1 aromatic carbocycles. The lowest BCUT2D eigenvalue weighted by Crippen LogP contribution is -1.96.